The number of aryl methyl sites for hydroxylation is 1. The van der Waals surface area contributed by atoms with E-state index in [2.05, 4.69) is 9.97 Å². The van der Waals surface area contributed by atoms with Gasteiger partial charge >= 0.3 is 0 Å². The number of methoxy groups -OCH3 is 2. The molecule has 0 fully saturated rings. The molecule has 0 radical (unpaired) electrons. The smallest absolute Gasteiger partial charge is 0.272 e. The molecule has 2 aromatic rings. The minimum absolute atomic E-state index is 0.0732. The lowest BCUT2D eigenvalue weighted by atomic mass is 9.98. The van der Waals surface area contributed by atoms with Gasteiger partial charge in [0, 0.05) is 18.8 Å². The van der Waals surface area contributed by atoms with Crippen molar-refractivity contribution >= 4 is 5.91 Å². The molecule has 0 saturated heterocycles. The van der Waals surface area contributed by atoms with Gasteiger partial charge in [-0.15, -0.1) is 0 Å². The van der Waals surface area contributed by atoms with Crippen LogP contribution in [0.2, 0.25) is 0 Å². The van der Waals surface area contributed by atoms with Crippen LogP contribution < -0.4 is 9.47 Å². The van der Waals surface area contributed by atoms with E-state index in [1.807, 2.05) is 19.1 Å². The Labute approximate surface area is 135 Å². The van der Waals surface area contributed by atoms with E-state index in [9.17, 15) is 4.79 Å². The standard InChI is InChI=1S/C17H19N3O3/c1-11-6-14(19-10-18-11)17(21)20-5-4-12-7-15(22-2)16(23-3)8-13(12)9-20/h6-8,10H,4-5,9H2,1-3H3. The first-order valence-corrected chi connectivity index (χ1v) is 7.44. The number of rotatable bonds is 3. The lowest BCUT2D eigenvalue weighted by Gasteiger charge is -2.29. The van der Waals surface area contributed by atoms with Crippen LogP contribution in [0.4, 0.5) is 0 Å². The number of aromatic nitrogens is 2. The van der Waals surface area contributed by atoms with Crippen molar-refractivity contribution in [3.63, 3.8) is 0 Å². The first-order chi connectivity index (χ1) is 11.1. The Bertz CT molecular complexity index is 746. The summed E-state index contributed by atoms with van der Waals surface area (Å²) in [6.45, 7) is 3.04. The number of fused-ring (bicyclic) bond motifs is 1. The molecule has 2 heterocycles. The van der Waals surface area contributed by atoms with Gasteiger partial charge < -0.3 is 14.4 Å². The summed E-state index contributed by atoms with van der Waals surface area (Å²) < 4.78 is 10.7. The minimum atomic E-state index is -0.0732. The van der Waals surface area contributed by atoms with Gasteiger partial charge in [-0.3, -0.25) is 4.79 Å². The number of hydrogen-bond donors (Lipinski definition) is 0. The zero-order valence-corrected chi connectivity index (χ0v) is 13.5. The number of amides is 1. The molecule has 1 aromatic carbocycles. The molecule has 1 aromatic heterocycles. The van der Waals surface area contributed by atoms with E-state index in [4.69, 9.17) is 9.47 Å². The fraction of sp³-hybridized carbons (Fsp3) is 0.353. The van der Waals surface area contributed by atoms with Gasteiger partial charge in [-0.05, 0) is 42.7 Å². The molecule has 1 aliphatic rings. The lowest BCUT2D eigenvalue weighted by Crippen LogP contribution is -2.36. The summed E-state index contributed by atoms with van der Waals surface area (Å²) in [7, 11) is 3.24. The van der Waals surface area contributed by atoms with Crippen LogP contribution in [0.25, 0.3) is 0 Å². The van der Waals surface area contributed by atoms with Crippen LogP contribution in [0.3, 0.4) is 0 Å². The van der Waals surface area contributed by atoms with Crippen molar-refractivity contribution in [3.8, 4) is 11.5 Å². The molecule has 0 saturated carbocycles. The number of carbonyl (C=O) groups excluding carboxylic acids is 1. The van der Waals surface area contributed by atoms with Gasteiger partial charge in [0.25, 0.3) is 5.91 Å². The van der Waals surface area contributed by atoms with Gasteiger partial charge in [0.1, 0.15) is 12.0 Å². The molecule has 23 heavy (non-hydrogen) atoms. The highest BCUT2D eigenvalue weighted by atomic mass is 16.5. The summed E-state index contributed by atoms with van der Waals surface area (Å²) in [5.41, 5.74) is 3.48. The summed E-state index contributed by atoms with van der Waals surface area (Å²) in [6.07, 6.45) is 2.21. The average molecular weight is 313 g/mol. The molecule has 6 nitrogen and oxygen atoms in total. The molecule has 120 valence electrons. The number of hydrogen-bond acceptors (Lipinski definition) is 5. The third-order valence-electron chi connectivity index (χ3n) is 4.03. The molecule has 0 aliphatic carbocycles. The van der Waals surface area contributed by atoms with Crippen molar-refractivity contribution in [3.05, 3.63) is 47.0 Å². The molecule has 0 N–H and O–H groups in total. The van der Waals surface area contributed by atoms with E-state index in [-0.39, 0.29) is 5.91 Å². The minimum Gasteiger partial charge on any atom is -0.493 e. The second-order valence-electron chi connectivity index (χ2n) is 5.50. The third kappa shape index (κ3) is 2.97. The van der Waals surface area contributed by atoms with E-state index < -0.39 is 0 Å². The lowest BCUT2D eigenvalue weighted by molar-refractivity contribution is 0.0728. The van der Waals surface area contributed by atoms with Crippen molar-refractivity contribution in [1.82, 2.24) is 14.9 Å². The van der Waals surface area contributed by atoms with E-state index in [0.29, 0.717) is 24.5 Å². The molecule has 0 unspecified atom stereocenters. The van der Waals surface area contributed by atoms with Crippen LogP contribution in [0.1, 0.15) is 27.3 Å². The van der Waals surface area contributed by atoms with Crippen molar-refractivity contribution in [2.24, 2.45) is 0 Å². The van der Waals surface area contributed by atoms with Crippen LogP contribution in [-0.4, -0.2) is 41.5 Å². The zero-order chi connectivity index (χ0) is 16.4. The topological polar surface area (TPSA) is 64.6 Å². The second-order valence-corrected chi connectivity index (χ2v) is 5.50. The van der Waals surface area contributed by atoms with Gasteiger partial charge in [0.05, 0.1) is 14.2 Å². The van der Waals surface area contributed by atoms with E-state index in [0.717, 1.165) is 23.4 Å². The maximum Gasteiger partial charge on any atom is 0.272 e. The molecule has 1 amide bonds. The largest absolute Gasteiger partial charge is 0.493 e. The molecular weight excluding hydrogens is 294 g/mol. The van der Waals surface area contributed by atoms with Crippen LogP contribution in [0.15, 0.2) is 24.5 Å². The Morgan fingerprint density at radius 1 is 1.09 bits per heavy atom. The maximum atomic E-state index is 12.6. The van der Waals surface area contributed by atoms with Crippen molar-refractivity contribution in [1.29, 1.82) is 0 Å². The Morgan fingerprint density at radius 3 is 2.43 bits per heavy atom. The van der Waals surface area contributed by atoms with Crippen molar-refractivity contribution in [2.45, 2.75) is 19.9 Å². The fourth-order valence-electron chi connectivity index (χ4n) is 2.79. The molecule has 1 aliphatic heterocycles. The summed E-state index contributed by atoms with van der Waals surface area (Å²) in [6, 6.07) is 5.65. The number of benzene rings is 1. The maximum absolute atomic E-state index is 12.6. The third-order valence-corrected chi connectivity index (χ3v) is 4.03. The second kappa shape index (κ2) is 6.24. The van der Waals surface area contributed by atoms with E-state index in [1.54, 1.807) is 25.2 Å². The molecular formula is C17H19N3O3. The van der Waals surface area contributed by atoms with Gasteiger partial charge in [0.2, 0.25) is 0 Å². The Morgan fingerprint density at radius 2 is 1.78 bits per heavy atom. The first-order valence-electron chi connectivity index (χ1n) is 7.44. The van der Waals surface area contributed by atoms with E-state index in [1.165, 1.54) is 11.9 Å². The van der Waals surface area contributed by atoms with Crippen molar-refractivity contribution in [2.75, 3.05) is 20.8 Å². The van der Waals surface area contributed by atoms with Crippen molar-refractivity contribution < 1.29 is 14.3 Å². The quantitative estimate of drug-likeness (QED) is 0.867. The molecule has 0 atom stereocenters. The Balaban J connectivity index is 1.86. The number of carbonyl (C=O) groups is 1. The number of ether oxygens (including phenoxy) is 2. The van der Waals surface area contributed by atoms with Gasteiger partial charge in [-0.25, -0.2) is 9.97 Å². The van der Waals surface area contributed by atoms with Gasteiger partial charge in [-0.1, -0.05) is 0 Å². The Kier molecular flexibility index (Phi) is 4.14. The zero-order valence-electron chi connectivity index (χ0n) is 13.5. The Hall–Kier alpha value is -2.63. The summed E-state index contributed by atoms with van der Waals surface area (Å²) >= 11 is 0. The monoisotopic (exact) mass is 313 g/mol. The van der Waals surface area contributed by atoms with Crippen LogP contribution >= 0.6 is 0 Å². The van der Waals surface area contributed by atoms with Crippen LogP contribution in [-0.2, 0) is 13.0 Å². The molecule has 0 spiro atoms. The molecule has 3 rings (SSSR count). The number of nitrogens with zero attached hydrogens (tertiary/aromatic N) is 3. The highest BCUT2D eigenvalue weighted by Crippen LogP contribution is 2.33. The molecule has 6 heteroatoms. The first kappa shape index (κ1) is 15.3. The highest BCUT2D eigenvalue weighted by Gasteiger charge is 2.24. The molecule has 0 bridgehead atoms. The SMILES string of the molecule is COc1cc2c(cc1OC)CN(C(=O)c1cc(C)ncn1)CC2. The van der Waals surface area contributed by atoms with E-state index >= 15 is 0 Å². The fourth-order valence-corrected chi connectivity index (χ4v) is 2.79. The summed E-state index contributed by atoms with van der Waals surface area (Å²) in [4.78, 5) is 22.5. The van der Waals surface area contributed by atoms with Crippen LogP contribution in [0, 0.1) is 6.92 Å². The summed E-state index contributed by atoms with van der Waals surface area (Å²) in [5.74, 6) is 1.33. The average Bonchev–Trinajstić information content (AvgIpc) is 2.59. The highest BCUT2D eigenvalue weighted by molar-refractivity contribution is 5.92. The van der Waals surface area contributed by atoms with Gasteiger partial charge in [-0.2, -0.15) is 0 Å². The predicted octanol–water partition coefficient (Wildman–Crippen LogP) is 2.00. The predicted molar refractivity (Wildman–Crippen MR) is 84.8 cm³/mol. The summed E-state index contributed by atoms with van der Waals surface area (Å²) in [5, 5.41) is 0. The van der Waals surface area contributed by atoms with Gasteiger partial charge in [0.15, 0.2) is 11.5 Å². The normalized spacial score (nSPS) is 13.4. The van der Waals surface area contributed by atoms with Crippen LogP contribution in [0.5, 0.6) is 11.5 Å².